The molecule has 3 heteroatoms. The summed E-state index contributed by atoms with van der Waals surface area (Å²) < 4.78 is 5.34. The highest BCUT2D eigenvalue weighted by molar-refractivity contribution is 6.03. The van der Waals surface area contributed by atoms with Crippen molar-refractivity contribution in [2.75, 3.05) is 6.61 Å². The first-order valence-corrected chi connectivity index (χ1v) is 9.74. The van der Waals surface area contributed by atoms with Gasteiger partial charge in [0, 0.05) is 16.5 Å². The zero-order valence-corrected chi connectivity index (χ0v) is 14.8. The van der Waals surface area contributed by atoms with Crippen LogP contribution in [-0.2, 0) is 10.2 Å². The fourth-order valence-electron chi connectivity index (χ4n) is 6.25. The highest BCUT2D eigenvalue weighted by Gasteiger charge is 2.52. The first-order chi connectivity index (χ1) is 12.2. The molecular formula is C22H25NO2. The molecule has 1 aromatic heterocycles. The minimum Gasteiger partial charge on any atom is -0.462 e. The molecule has 4 aliphatic carbocycles. The molecule has 0 N–H and O–H groups in total. The second-order valence-corrected chi connectivity index (χ2v) is 8.49. The molecule has 25 heavy (non-hydrogen) atoms. The summed E-state index contributed by atoms with van der Waals surface area (Å²) in [6.07, 6.45) is 8.01. The van der Waals surface area contributed by atoms with E-state index in [4.69, 9.17) is 9.72 Å². The van der Waals surface area contributed by atoms with E-state index in [1.165, 1.54) is 38.5 Å². The first kappa shape index (κ1) is 15.4. The number of pyridine rings is 1. The molecule has 4 saturated carbocycles. The SMILES string of the molecule is CCOC(=O)c1cc(C23CC4CC(CC(C4)C2)C3)nc2ccccc12. The Morgan fingerprint density at radius 3 is 2.40 bits per heavy atom. The number of esters is 1. The third kappa shape index (κ3) is 2.39. The summed E-state index contributed by atoms with van der Waals surface area (Å²) in [5, 5.41) is 0.912. The van der Waals surface area contributed by atoms with Crippen LogP contribution in [0.5, 0.6) is 0 Å². The zero-order valence-electron chi connectivity index (χ0n) is 14.8. The van der Waals surface area contributed by atoms with Gasteiger partial charge in [-0.3, -0.25) is 4.98 Å². The van der Waals surface area contributed by atoms with Crippen LogP contribution in [0.1, 0.15) is 61.5 Å². The molecule has 0 aliphatic heterocycles. The molecule has 0 saturated heterocycles. The summed E-state index contributed by atoms with van der Waals surface area (Å²) in [6.45, 7) is 2.27. The van der Waals surface area contributed by atoms with Gasteiger partial charge < -0.3 is 4.74 Å². The van der Waals surface area contributed by atoms with Crippen molar-refractivity contribution in [3.05, 3.63) is 41.6 Å². The van der Waals surface area contributed by atoms with Crippen LogP contribution >= 0.6 is 0 Å². The van der Waals surface area contributed by atoms with Crippen LogP contribution in [0.4, 0.5) is 0 Å². The van der Waals surface area contributed by atoms with Gasteiger partial charge in [0.05, 0.1) is 17.7 Å². The minimum absolute atomic E-state index is 0.194. The molecule has 4 fully saturated rings. The molecule has 4 aliphatic rings. The van der Waals surface area contributed by atoms with Crippen molar-refractivity contribution in [3.63, 3.8) is 0 Å². The van der Waals surface area contributed by atoms with Gasteiger partial charge in [-0.2, -0.15) is 0 Å². The van der Waals surface area contributed by atoms with Gasteiger partial charge in [0.2, 0.25) is 0 Å². The molecule has 1 aromatic carbocycles. The predicted molar refractivity (Wildman–Crippen MR) is 97.5 cm³/mol. The lowest BCUT2D eigenvalue weighted by Crippen LogP contribution is -2.49. The molecular weight excluding hydrogens is 310 g/mol. The van der Waals surface area contributed by atoms with E-state index in [9.17, 15) is 4.79 Å². The lowest BCUT2D eigenvalue weighted by Gasteiger charge is -2.56. The van der Waals surface area contributed by atoms with Crippen molar-refractivity contribution in [3.8, 4) is 0 Å². The Hall–Kier alpha value is -1.90. The average Bonchev–Trinajstić information content (AvgIpc) is 2.60. The average molecular weight is 335 g/mol. The number of carbonyl (C=O) groups excluding carboxylic acids is 1. The van der Waals surface area contributed by atoms with Crippen LogP contribution in [0.2, 0.25) is 0 Å². The van der Waals surface area contributed by atoms with Crippen LogP contribution in [-0.4, -0.2) is 17.6 Å². The highest BCUT2D eigenvalue weighted by atomic mass is 16.5. The van der Waals surface area contributed by atoms with Crippen LogP contribution in [0.25, 0.3) is 10.9 Å². The molecule has 2 aromatic rings. The molecule has 0 radical (unpaired) electrons. The van der Waals surface area contributed by atoms with Crippen molar-refractivity contribution in [2.24, 2.45) is 17.8 Å². The van der Waals surface area contributed by atoms with Crippen molar-refractivity contribution in [2.45, 2.75) is 50.9 Å². The zero-order chi connectivity index (χ0) is 17.0. The number of benzene rings is 1. The number of rotatable bonds is 3. The Morgan fingerprint density at radius 2 is 1.76 bits per heavy atom. The van der Waals surface area contributed by atoms with E-state index >= 15 is 0 Å². The predicted octanol–water partition coefficient (Wildman–Crippen LogP) is 4.88. The van der Waals surface area contributed by atoms with Crippen LogP contribution < -0.4 is 0 Å². The fourth-order valence-corrected chi connectivity index (χ4v) is 6.25. The number of fused-ring (bicyclic) bond motifs is 1. The van der Waals surface area contributed by atoms with E-state index in [0.29, 0.717) is 12.2 Å². The quantitative estimate of drug-likeness (QED) is 0.751. The van der Waals surface area contributed by atoms with Gasteiger partial charge in [-0.1, -0.05) is 18.2 Å². The summed E-state index contributed by atoms with van der Waals surface area (Å²) in [5.41, 5.74) is 2.96. The molecule has 6 rings (SSSR count). The lowest BCUT2D eigenvalue weighted by molar-refractivity contribution is -0.00710. The Morgan fingerprint density at radius 1 is 1.12 bits per heavy atom. The minimum atomic E-state index is -0.216. The van der Waals surface area contributed by atoms with E-state index in [2.05, 4.69) is 6.07 Å². The van der Waals surface area contributed by atoms with Crippen LogP contribution in [0.15, 0.2) is 30.3 Å². The van der Waals surface area contributed by atoms with Gasteiger partial charge in [0.15, 0.2) is 0 Å². The summed E-state index contributed by atoms with van der Waals surface area (Å²) in [5.74, 6) is 2.38. The molecule has 0 amide bonds. The maximum atomic E-state index is 12.6. The van der Waals surface area contributed by atoms with E-state index < -0.39 is 0 Å². The topological polar surface area (TPSA) is 39.2 Å². The Balaban J connectivity index is 1.65. The first-order valence-electron chi connectivity index (χ1n) is 9.74. The van der Waals surface area contributed by atoms with Gasteiger partial charge in [-0.15, -0.1) is 0 Å². The molecule has 0 unspecified atom stereocenters. The van der Waals surface area contributed by atoms with Crippen LogP contribution in [0, 0.1) is 17.8 Å². The molecule has 130 valence electrons. The van der Waals surface area contributed by atoms with Crippen molar-refractivity contribution >= 4 is 16.9 Å². The van der Waals surface area contributed by atoms with Crippen molar-refractivity contribution in [1.29, 1.82) is 0 Å². The molecule has 0 atom stereocenters. The third-order valence-corrected chi connectivity index (χ3v) is 6.79. The van der Waals surface area contributed by atoms with E-state index in [-0.39, 0.29) is 11.4 Å². The Labute approximate surface area is 148 Å². The maximum absolute atomic E-state index is 12.6. The molecule has 0 spiro atoms. The number of carbonyl (C=O) groups is 1. The Kier molecular flexibility index (Phi) is 3.41. The van der Waals surface area contributed by atoms with Gasteiger partial charge in [-0.05, 0) is 75.3 Å². The number of nitrogens with zero attached hydrogens (tertiary/aromatic N) is 1. The van der Waals surface area contributed by atoms with E-state index in [1.807, 2.05) is 31.2 Å². The summed E-state index contributed by atoms with van der Waals surface area (Å²) in [4.78, 5) is 17.6. The number of ether oxygens (including phenoxy) is 1. The van der Waals surface area contributed by atoms with Crippen molar-refractivity contribution in [1.82, 2.24) is 4.98 Å². The fraction of sp³-hybridized carbons (Fsp3) is 0.545. The second-order valence-electron chi connectivity index (χ2n) is 8.49. The largest absolute Gasteiger partial charge is 0.462 e. The number of aromatic nitrogens is 1. The molecule has 3 nitrogen and oxygen atoms in total. The van der Waals surface area contributed by atoms with Gasteiger partial charge >= 0.3 is 5.97 Å². The van der Waals surface area contributed by atoms with E-state index in [1.54, 1.807) is 0 Å². The number of hydrogen-bond acceptors (Lipinski definition) is 3. The van der Waals surface area contributed by atoms with Gasteiger partial charge in [0.1, 0.15) is 0 Å². The third-order valence-electron chi connectivity index (χ3n) is 6.79. The van der Waals surface area contributed by atoms with E-state index in [0.717, 1.165) is 34.4 Å². The molecule has 1 heterocycles. The smallest absolute Gasteiger partial charge is 0.338 e. The summed E-state index contributed by atoms with van der Waals surface area (Å²) in [7, 11) is 0. The number of para-hydroxylation sites is 1. The highest BCUT2D eigenvalue weighted by Crippen LogP contribution is 2.60. The number of hydrogen-bond donors (Lipinski definition) is 0. The Bertz CT molecular complexity index is 806. The van der Waals surface area contributed by atoms with Crippen LogP contribution in [0.3, 0.4) is 0 Å². The summed E-state index contributed by atoms with van der Waals surface area (Å²) >= 11 is 0. The molecule has 4 bridgehead atoms. The standard InChI is InChI=1S/C22H25NO2/c1-2-25-21(24)18-10-20(23-19-6-4-3-5-17(18)19)22-11-14-7-15(12-22)9-16(8-14)13-22/h3-6,10,14-16H,2,7-9,11-13H2,1H3. The van der Waals surface area contributed by atoms with Crippen molar-refractivity contribution < 1.29 is 9.53 Å². The normalized spacial score (nSPS) is 32.9. The lowest BCUT2D eigenvalue weighted by atomic mass is 9.48. The second kappa shape index (κ2) is 5.55. The summed E-state index contributed by atoms with van der Waals surface area (Å²) in [6, 6.07) is 10.1. The maximum Gasteiger partial charge on any atom is 0.338 e. The monoisotopic (exact) mass is 335 g/mol. The van der Waals surface area contributed by atoms with Gasteiger partial charge in [-0.25, -0.2) is 4.79 Å². The van der Waals surface area contributed by atoms with Gasteiger partial charge in [0.25, 0.3) is 0 Å².